The van der Waals surface area contributed by atoms with Gasteiger partial charge in [0.25, 0.3) is 0 Å². The summed E-state index contributed by atoms with van der Waals surface area (Å²) >= 11 is 0. The van der Waals surface area contributed by atoms with Gasteiger partial charge in [0.1, 0.15) is 6.33 Å². The molecule has 0 fully saturated rings. The highest BCUT2D eigenvalue weighted by atomic mass is 15.3. The molecule has 0 aliphatic heterocycles. The van der Waals surface area contributed by atoms with Gasteiger partial charge < -0.3 is 9.88 Å². The van der Waals surface area contributed by atoms with Crippen LogP contribution in [0.4, 0.5) is 0 Å². The van der Waals surface area contributed by atoms with Gasteiger partial charge in [0, 0.05) is 31.5 Å². The molecule has 2 aromatic rings. The zero-order chi connectivity index (χ0) is 13.1. The minimum atomic E-state index is 0.705. The highest BCUT2D eigenvalue weighted by molar-refractivity contribution is 5.26. The van der Waals surface area contributed by atoms with E-state index in [1.807, 2.05) is 7.05 Å². The summed E-state index contributed by atoms with van der Waals surface area (Å²) in [4.78, 5) is 4.19. The molecule has 1 N–H and O–H groups in total. The summed E-state index contributed by atoms with van der Waals surface area (Å²) in [5, 5.41) is 7.63. The second-order valence-corrected chi connectivity index (χ2v) is 4.58. The maximum absolute atomic E-state index is 4.24. The van der Waals surface area contributed by atoms with Crippen molar-refractivity contribution in [2.24, 2.45) is 7.05 Å². The Hall–Kier alpha value is -1.62. The van der Waals surface area contributed by atoms with Crippen LogP contribution in [0.15, 0.2) is 12.4 Å². The number of hydrogen-bond acceptors (Lipinski definition) is 3. The molecule has 0 bridgehead atoms. The van der Waals surface area contributed by atoms with Gasteiger partial charge >= 0.3 is 0 Å². The maximum Gasteiger partial charge on any atom is 0.164 e. The molecule has 0 amide bonds. The predicted octanol–water partition coefficient (Wildman–Crippen LogP) is 1.54. The number of nitrogens with one attached hydrogen (secondary N) is 1. The van der Waals surface area contributed by atoms with Gasteiger partial charge in [0.05, 0.1) is 6.54 Å². The van der Waals surface area contributed by atoms with Crippen molar-refractivity contribution in [1.29, 1.82) is 0 Å². The van der Waals surface area contributed by atoms with Crippen molar-refractivity contribution >= 4 is 0 Å². The lowest BCUT2D eigenvalue weighted by Crippen LogP contribution is -2.14. The van der Waals surface area contributed by atoms with Crippen LogP contribution in [-0.2, 0) is 26.7 Å². The summed E-state index contributed by atoms with van der Waals surface area (Å²) < 4.78 is 4.05. The fraction of sp³-hybridized carbons (Fsp3) is 0.538. The molecule has 2 heterocycles. The second kappa shape index (κ2) is 5.35. The smallest absolute Gasteiger partial charge is 0.164 e. The average molecular weight is 247 g/mol. The van der Waals surface area contributed by atoms with E-state index in [-0.39, 0.29) is 0 Å². The van der Waals surface area contributed by atoms with Crippen LogP contribution < -0.4 is 5.32 Å². The number of aromatic nitrogens is 4. The lowest BCUT2D eigenvalue weighted by Gasteiger charge is -2.06. The van der Waals surface area contributed by atoms with Crippen LogP contribution in [-0.4, -0.2) is 19.3 Å². The Morgan fingerprint density at radius 2 is 2.06 bits per heavy atom. The van der Waals surface area contributed by atoms with Crippen molar-refractivity contribution in [3.05, 3.63) is 35.2 Å². The quantitative estimate of drug-likeness (QED) is 0.872. The average Bonchev–Trinajstić information content (AvgIpc) is 2.85. The summed E-state index contributed by atoms with van der Waals surface area (Å²) in [6.07, 6.45) is 1.72. The van der Waals surface area contributed by atoms with Crippen molar-refractivity contribution in [1.82, 2.24) is 24.6 Å². The number of nitrogens with zero attached hydrogens (tertiary/aromatic N) is 4. The van der Waals surface area contributed by atoms with E-state index in [0.717, 1.165) is 18.9 Å². The monoisotopic (exact) mass is 247 g/mol. The second-order valence-electron chi connectivity index (χ2n) is 4.58. The minimum absolute atomic E-state index is 0.705. The highest BCUT2D eigenvalue weighted by Crippen LogP contribution is 2.14. The van der Waals surface area contributed by atoms with E-state index in [1.54, 1.807) is 11.0 Å². The van der Waals surface area contributed by atoms with Crippen molar-refractivity contribution in [3.8, 4) is 0 Å². The van der Waals surface area contributed by atoms with Gasteiger partial charge in [-0.2, -0.15) is 5.10 Å². The van der Waals surface area contributed by atoms with Gasteiger partial charge in [-0.25, -0.2) is 4.98 Å². The highest BCUT2D eigenvalue weighted by Gasteiger charge is 2.07. The Morgan fingerprint density at radius 1 is 1.28 bits per heavy atom. The van der Waals surface area contributed by atoms with Crippen molar-refractivity contribution < 1.29 is 0 Å². The summed E-state index contributed by atoms with van der Waals surface area (Å²) in [7, 11) is 1.88. The van der Waals surface area contributed by atoms with E-state index < -0.39 is 0 Å². The molecule has 0 spiro atoms. The van der Waals surface area contributed by atoms with Gasteiger partial charge in [-0.05, 0) is 32.4 Å². The minimum Gasteiger partial charge on any atom is -0.349 e. The molecule has 5 nitrogen and oxygen atoms in total. The summed E-state index contributed by atoms with van der Waals surface area (Å²) in [5.74, 6) is 0.835. The first-order valence-corrected chi connectivity index (χ1v) is 6.32. The molecule has 0 atom stereocenters. The van der Waals surface area contributed by atoms with Gasteiger partial charge in [-0.1, -0.05) is 0 Å². The first-order valence-electron chi connectivity index (χ1n) is 6.32. The Kier molecular flexibility index (Phi) is 3.81. The third-order valence-electron chi connectivity index (χ3n) is 3.24. The zero-order valence-corrected chi connectivity index (χ0v) is 11.6. The van der Waals surface area contributed by atoms with Crippen molar-refractivity contribution in [2.45, 2.75) is 40.4 Å². The molecule has 0 aromatic carbocycles. The molecular weight excluding hydrogens is 226 g/mol. The van der Waals surface area contributed by atoms with E-state index in [0.29, 0.717) is 6.54 Å². The van der Waals surface area contributed by atoms with Crippen LogP contribution in [0.25, 0.3) is 0 Å². The lowest BCUT2D eigenvalue weighted by molar-refractivity contribution is 0.642. The molecular formula is C13H21N5. The van der Waals surface area contributed by atoms with Crippen molar-refractivity contribution in [2.75, 3.05) is 0 Å². The normalized spacial score (nSPS) is 11.1. The standard InChI is InChI=1S/C13H21N5/c1-5-18-10(2)6-12(11(18)3)7-14-8-13-15-9-17(4)16-13/h6,9,14H,5,7-8H2,1-4H3. The third-order valence-corrected chi connectivity index (χ3v) is 3.24. The summed E-state index contributed by atoms with van der Waals surface area (Å²) in [6.45, 7) is 9.09. The number of hydrogen-bond donors (Lipinski definition) is 1. The molecule has 0 saturated heterocycles. The summed E-state index contributed by atoms with van der Waals surface area (Å²) in [6, 6.07) is 2.25. The Bertz CT molecular complexity index is 523. The molecule has 0 aliphatic rings. The van der Waals surface area contributed by atoms with Gasteiger partial charge in [-0.3, -0.25) is 4.68 Å². The van der Waals surface area contributed by atoms with Crippen LogP contribution in [0.2, 0.25) is 0 Å². The van der Waals surface area contributed by atoms with E-state index in [1.165, 1.54) is 17.0 Å². The van der Waals surface area contributed by atoms with Crippen molar-refractivity contribution in [3.63, 3.8) is 0 Å². The Labute approximate surface area is 108 Å². The molecule has 0 radical (unpaired) electrons. The van der Waals surface area contributed by atoms with Gasteiger partial charge in [-0.15, -0.1) is 0 Å². The van der Waals surface area contributed by atoms with Crippen LogP contribution >= 0.6 is 0 Å². The fourth-order valence-corrected chi connectivity index (χ4v) is 2.31. The molecule has 0 aliphatic carbocycles. The molecule has 5 heteroatoms. The van der Waals surface area contributed by atoms with E-state index >= 15 is 0 Å². The van der Waals surface area contributed by atoms with E-state index in [2.05, 4.69) is 46.8 Å². The zero-order valence-electron chi connectivity index (χ0n) is 11.6. The van der Waals surface area contributed by atoms with Crippen LogP contribution in [0.5, 0.6) is 0 Å². The Morgan fingerprint density at radius 3 is 2.61 bits per heavy atom. The van der Waals surface area contributed by atoms with E-state index in [9.17, 15) is 0 Å². The SMILES string of the molecule is CCn1c(C)cc(CNCc2ncn(C)n2)c1C. The van der Waals surface area contributed by atoms with Gasteiger partial charge in [0.15, 0.2) is 5.82 Å². The molecule has 18 heavy (non-hydrogen) atoms. The first kappa shape index (κ1) is 12.8. The van der Waals surface area contributed by atoms with E-state index in [4.69, 9.17) is 0 Å². The Balaban J connectivity index is 1.94. The molecule has 2 aromatic heterocycles. The molecule has 0 unspecified atom stereocenters. The molecule has 2 rings (SSSR count). The lowest BCUT2D eigenvalue weighted by atomic mass is 10.2. The third kappa shape index (κ3) is 2.61. The maximum atomic E-state index is 4.24. The van der Waals surface area contributed by atoms with Gasteiger partial charge in [0.2, 0.25) is 0 Å². The molecule has 98 valence electrons. The molecule has 0 saturated carbocycles. The summed E-state index contributed by atoms with van der Waals surface area (Å²) in [5.41, 5.74) is 4.02. The topological polar surface area (TPSA) is 47.7 Å². The predicted molar refractivity (Wildman–Crippen MR) is 71.1 cm³/mol. The number of rotatable bonds is 5. The van der Waals surface area contributed by atoms with Crippen LogP contribution in [0.1, 0.15) is 29.7 Å². The largest absolute Gasteiger partial charge is 0.349 e. The fourth-order valence-electron chi connectivity index (χ4n) is 2.31. The number of aryl methyl sites for hydroxylation is 2. The van der Waals surface area contributed by atoms with Crippen LogP contribution in [0, 0.1) is 13.8 Å². The van der Waals surface area contributed by atoms with Crippen LogP contribution in [0.3, 0.4) is 0 Å². The first-order chi connectivity index (χ1) is 8.61.